The summed E-state index contributed by atoms with van der Waals surface area (Å²) in [4.78, 5) is 23.6. The van der Waals surface area contributed by atoms with E-state index in [9.17, 15) is 9.59 Å². The van der Waals surface area contributed by atoms with Gasteiger partial charge in [0, 0.05) is 0 Å². The lowest BCUT2D eigenvalue weighted by Crippen LogP contribution is -2.44. The van der Waals surface area contributed by atoms with Crippen LogP contribution in [0.3, 0.4) is 0 Å². The predicted octanol–water partition coefficient (Wildman–Crippen LogP) is 3.70. The highest BCUT2D eigenvalue weighted by Crippen LogP contribution is 2.29. The van der Waals surface area contributed by atoms with Crippen molar-refractivity contribution >= 4 is 40.9 Å². The van der Waals surface area contributed by atoms with E-state index >= 15 is 0 Å². The van der Waals surface area contributed by atoms with Crippen LogP contribution in [-0.2, 0) is 9.53 Å². The first-order valence-electron chi connectivity index (χ1n) is 6.44. The average molecular weight is 333 g/mol. The van der Waals surface area contributed by atoms with E-state index in [0.717, 1.165) is 0 Å². The zero-order chi connectivity index (χ0) is 16.0. The standard InChI is InChI=1S/C14H18Cl2N2O3/c1-8(2)7-11(13(19)21-3)18-14(20)17-10-6-4-5-9(15)12(10)16/h4-6,8,11H,7H2,1-3H3,(H2,17,18,20)/t11-/m0/s1. The van der Waals surface area contributed by atoms with Crippen molar-refractivity contribution in [2.75, 3.05) is 12.4 Å². The SMILES string of the molecule is COC(=O)[C@H](CC(C)C)NC(=O)Nc1cccc(Cl)c1Cl. The highest BCUT2D eigenvalue weighted by Gasteiger charge is 2.22. The van der Waals surface area contributed by atoms with Gasteiger partial charge in [-0.25, -0.2) is 9.59 Å². The maximum absolute atomic E-state index is 12.0. The van der Waals surface area contributed by atoms with Crippen molar-refractivity contribution in [3.8, 4) is 0 Å². The molecule has 1 atom stereocenters. The minimum Gasteiger partial charge on any atom is -0.467 e. The summed E-state index contributed by atoms with van der Waals surface area (Å²) in [6, 6.07) is 3.63. The van der Waals surface area contributed by atoms with Crippen LogP contribution in [0.5, 0.6) is 0 Å². The lowest BCUT2D eigenvalue weighted by molar-refractivity contribution is -0.143. The summed E-state index contributed by atoms with van der Waals surface area (Å²) in [6.07, 6.45) is 0.476. The number of hydrogen-bond acceptors (Lipinski definition) is 3. The van der Waals surface area contributed by atoms with Crippen molar-refractivity contribution in [3.63, 3.8) is 0 Å². The van der Waals surface area contributed by atoms with Crippen molar-refractivity contribution in [3.05, 3.63) is 28.2 Å². The highest BCUT2D eigenvalue weighted by molar-refractivity contribution is 6.43. The fourth-order valence-corrected chi connectivity index (χ4v) is 2.09. The van der Waals surface area contributed by atoms with Gasteiger partial charge in [0.2, 0.25) is 0 Å². The van der Waals surface area contributed by atoms with Gasteiger partial charge in [0.15, 0.2) is 0 Å². The predicted molar refractivity (Wildman–Crippen MR) is 83.9 cm³/mol. The number of urea groups is 1. The lowest BCUT2D eigenvalue weighted by Gasteiger charge is -2.19. The minimum atomic E-state index is -0.715. The first-order chi connectivity index (χ1) is 9.85. The molecule has 1 aromatic rings. The minimum absolute atomic E-state index is 0.226. The van der Waals surface area contributed by atoms with Crippen LogP contribution >= 0.6 is 23.2 Å². The number of rotatable bonds is 5. The summed E-state index contributed by atoms with van der Waals surface area (Å²) in [5.41, 5.74) is 0.370. The van der Waals surface area contributed by atoms with Gasteiger partial charge in [-0.15, -0.1) is 0 Å². The quantitative estimate of drug-likeness (QED) is 0.808. The third-order valence-electron chi connectivity index (χ3n) is 2.70. The summed E-state index contributed by atoms with van der Waals surface area (Å²) in [5.74, 6) is -0.264. The molecule has 0 aliphatic rings. The molecule has 116 valence electrons. The van der Waals surface area contributed by atoms with Gasteiger partial charge in [0.25, 0.3) is 0 Å². The molecule has 0 aliphatic heterocycles. The Balaban J connectivity index is 2.73. The van der Waals surface area contributed by atoms with Crippen molar-refractivity contribution in [2.24, 2.45) is 5.92 Å². The van der Waals surface area contributed by atoms with E-state index in [2.05, 4.69) is 15.4 Å². The highest BCUT2D eigenvalue weighted by atomic mass is 35.5. The molecule has 0 saturated heterocycles. The first-order valence-corrected chi connectivity index (χ1v) is 7.20. The van der Waals surface area contributed by atoms with E-state index in [1.807, 2.05) is 13.8 Å². The molecule has 0 saturated carbocycles. The van der Waals surface area contributed by atoms with Gasteiger partial charge >= 0.3 is 12.0 Å². The number of esters is 1. The molecule has 21 heavy (non-hydrogen) atoms. The number of carbonyl (C=O) groups excluding carboxylic acids is 2. The maximum Gasteiger partial charge on any atom is 0.328 e. The fourth-order valence-electron chi connectivity index (χ4n) is 1.74. The second kappa shape index (κ2) is 8.10. The maximum atomic E-state index is 12.0. The number of nitrogens with one attached hydrogen (secondary N) is 2. The van der Waals surface area contributed by atoms with Gasteiger partial charge in [-0.1, -0.05) is 43.1 Å². The Bertz CT molecular complexity index is 521. The first kappa shape index (κ1) is 17.6. The second-order valence-electron chi connectivity index (χ2n) is 4.91. The molecule has 0 spiro atoms. The third kappa shape index (κ3) is 5.44. The van der Waals surface area contributed by atoms with E-state index in [0.29, 0.717) is 17.1 Å². The molecular weight excluding hydrogens is 315 g/mol. The molecule has 7 heteroatoms. The number of hydrogen-bond donors (Lipinski definition) is 2. The molecule has 0 unspecified atom stereocenters. The van der Waals surface area contributed by atoms with E-state index < -0.39 is 18.0 Å². The zero-order valence-electron chi connectivity index (χ0n) is 12.1. The average Bonchev–Trinajstić information content (AvgIpc) is 2.41. The van der Waals surface area contributed by atoms with Gasteiger partial charge in [0.05, 0.1) is 22.8 Å². The van der Waals surface area contributed by atoms with Gasteiger partial charge in [-0.3, -0.25) is 0 Å². The Morgan fingerprint density at radius 1 is 1.29 bits per heavy atom. The van der Waals surface area contributed by atoms with Gasteiger partial charge in [-0.05, 0) is 24.5 Å². The molecule has 0 radical (unpaired) electrons. The number of ether oxygens (including phenoxy) is 1. The van der Waals surface area contributed by atoms with Crippen LogP contribution in [0.2, 0.25) is 10.0 Å². The number of benzene rings is 1. The molecule has 5 nitrogen and oxygen atoms in total. The number of methoxy groups -OCH3 is 1. The van der Waals surface area contributed by atoms with Crippen LogP contribution in [0.1, 0.15) is 20.3 Å². The van der Waals surface area contributed by atoms with Crippen LogP contribution < -0.4 is 10.6 Å². The molecule has 0 aromatic heterocycles. The van der Waals surface area contributed by atoms with Crippen molar-refractivity contribution in [1.29, 1.82) is 0 Å². The Kier molecular flexibility index (Phi) is 6.78. The molecule has 1 rings (SSSR count). The summed E-state index contributed by atoms with van der Waals surface area (Å²) < 4.78 is 4.68. The van der Waals surface area contributed by atoms with E-state index in [-0.39, 0.29) is 10.9 Å². The molecule has 0 heterocycles. The smallest absolute Gasteiger partial charge is 0.328 e. The summed E-state index contributed by atoms with van der Waals surface area (Å²) in [6.45, 7) is 3.90. The topological polar surface area (TPSA) is 67.4 Å². The van der Waals surface area contributed by atoms with Crippen molar-refractivity contribution in [1.82, 2.24) is 5.32 Å². The number of carbonyl (C=O) groups is 2. The van der Waals surface area contributed by atoms with Crippen LogP contribution in [0, 0.1) is 5.92 Å². The third-order valence-corrected chi connectivity index (χ3v) is 3.52. The molecular formula is C14H18Cl2N2O3. The molecule has 0 bridgehead atoms. The van der Waals surface area contributed by atoms with Crippen LogP contribution in [0.25, 0.3) is 0 Å². The Morgan fingerprint density at radius 3 is 2.52 bits per heavy atom. The number of amides is 2. The normalized spacial score (nSPS) is 11.9. The molecule has 1 aromatic carbocycles. The van der Waals surface area contributed by atoms with E-state index in [1.165, 1.54) is 7.11 Å². The molecule has 0 fully saturated rings. The lowest BCUT2D eigenvalue weighted by atomic mass is 10.0. The number of anilines is 1. The largest absolute Gasteiger partial charge is 0.467 e. The summed E-state index contributed by atoms with van der Waals surface area (Å²) in [5, 5.41) is 5.71. The van der Waals surface area contributed by atoms with Crippen LogP contribution in [0.15, 0.2) is 18.2 Å². The second-order valence-corrected chi connectivity index (χ2v) is 5.69. The van der Waals surface area contributed by atoms with Crippen LogP contribution in [0.4, 0.5) is 10.5 Å². The summed E-state index contributed by atoms with van der Waals surface area (Å²) >= 11 is 11.8. The molecule has 0 aliphatic carbocycles. The van der Waals surface area contributed by atoms with Gasteiger partial charge in [-0.2, -0.15) is 0 Å². The van der Waals surface area contributed by atoms with Crippen molar-refractivity contribution in [2.45, 2.75) is 26.3 Å². The fraction of sp³-hybridized carbons (Fsp3) is 0.429. The van der Waals surface area contributed by atoms with Gasteiger partial charge < -0.3 is 15.4 Å². The molecule has 2 N–H and O–H groups in total. The van der Waals surface area contributed by atoms with E-state index in [4.69, 9.17) is 23.2 Å². The van der Waals surface area contributed by atoms with Gasteiger partial charge in [0.1, 0.15) is 6.04 Å². The Morgan fingerprint density at radius 2 is 1.95 bits per heavy atom. The van der Waals surface area contributed by atoms with Crippen molar-refractivity contribution < 1.29 is 14.3 Å². The number of halogens is 2. The zero-order valence-corrected chi connectivity index (χ0v) is 13.6. The van der Waals surface area contributed by atoms with E-state index in [1.54, 1.807) is 18.2 Å². The van der Waals surface area contributed by atoms with Crippen LogP contribution in [-0.4, -0.2) is 25.2 Å². The Hall–Kier alpha value is -1.46. The Labute approximate surface area is 133 Å². The molecule has 2 amide bonds. The summed E-state index contributed by atoms with van der Waals surface area (Å²) in [7, 11) is 1.28. The monoisotopic (exact) mass is 332 g/mol.